The monoisotopic (exact) mass is 298 g/mol. The predicted octanol–water partition coefficient (Wildman–Crippen LogP) is 2.32. The number of rotatable bonds is 1. The van der Waals surface area contributed by atoms with Crippen LogP contribution in [0.25, 0.3) is 0 Å². The smallest absolute Gasteiger partial charge is 0.200 e. The maximum Gasteiger partial charge on any atom is 0.200 e. The number of phenols is 2. The lowest BCUT2D eigenvalue weighted by Crippen LogP contribution is -2.41. The molecule has 5 nitrogen and oxygen atoms in total. The molecule has 0 bridgehead atoms. The van der Waals surface area contributed by atoms with Crippen molar-refractivity contribution in [3.8, 4) is 17.2 Å². The van der Waals surface area contributed by atoms with Crippen LogP contribution in [0, 0.1) is 5.92 Å². The Balaban J connectivity index is 1.83. The van der Waals surface area contributed by atoms with E-state index in [0.29, 0.717) is 11.7 Å². The molecule has 0 radical (unpaired) electrons. The molecule has 22 heavy (non-hydrogen) atoms. The van der Waals surface area contributed by atoms with Crippen molar-refractivity contribution < 1.29 is 14.9 Å². The van der Waals surface area contributed by atoms with Gasteiger partial charge in [0.25, 0.3) is 0 Å². The van der Waals surface area contributed by atoms with E-state index in [1.807, 2.05) is 18.2 Å². The van der Waals surface area contributed by atoms with E-state index in [0.717, 1.165) is 30.6 Å². The summed E-state index contributed by atoms with van der Waals surface area (Å²) in [5.74, 6) is 0.712. The number of pyridine rings is 1. The first-order chi connectivity index (χ1) is 10.8. The molecule has 4 rings (SSSR count). The van der Waals surface area contributed by atoms with E-state index in [2.05, 4.69) is 10.3 Å². The van der Waals surface area contributed by atoms with Crippen molar-refractivity contribution in [2.45, 2.75) is 18.4 Å². The lowest BCUT2D eigenvalue weighted by Gasteiger charge is -2.43. The molecule has 3 heterocycles. The largest absolute Gasteiger partial charge is 0.504 e. The topological polar surface area (TPSA) is 74.6 Å². The van der Waals surface area contributed by atoms with Crippen LogP contribution in [0.15, 0.2) is 36.7 Å². The summed E-state index contributed by atoms with van der Waals surface area (Å²) in [4.78, 5) is 4.06. The summed E-state index contributed by atoms with van der Waals surface area (Å²) >= 11 is 0. The standard InChI is InChI=1S/C17H18N2O3/c20-14-2-1-11-13-9-19-8-5-12(13)16(22-17(11)15(14)21)10-3-6-18-7-4-10/h1-4,6-7,12-13,16,19-21H,5,8-9H2. The summed E-state index contributed by atoms with van der Waals surface area (Å²) < 4.78 is 6.13. The van der Waals surface area contributed by atoms with Gasteiger partial charge in [-0.05, 0) is 36.7 Å². The van der Waals surface area contributed by atoms with Gasteiger partial charge >= 0.3 is 0 Å². The highest BCUT2D eigenvalue weighted by Crippen LogP contribution is 2.53. The van der Waals surface area contributed by atoms with Gasteiger partial charge in [0.2, 0.25) is 5.75 Å². The number of nitrogens with zero attached hydrogens (tertiary/aromatic N) is 1. The Morgan fingerprint density at radius 2 is 1.95 bits per heavy atom. The van der Waals surface area contributed by atoms with Crippen molar-refractivity contribution in [3.63, 3.8) is 0 Å². The summed E-state index contributed by atoms with van der Waals surface area (Å²) in [6.45, 7) is 1.82. The van der Waals surface area contributed by atoms with Crippen molar-refractivity contribution in [1.29, 1.82) is 0 Å². The van der Waals surface area contributed by atoms with E-state index in [1.54, 1.807) is 12.4 Å². The molecule has 2 aromatic rings. The summed E-state index contributed by atoms with van der Waals surface area (Å²) in [7, 11) is 0. The van der Waals surface area contributed by atoms with Crippen molar-refractivity contribution in [3.05, 3.63) is 47.8 Å². The zero-order valence-corrected chi connectivity index (χ0v) is 12.1. The van der Waals surface area contributed by atoms with Crippen LogP contribution in [-0.2, 0) is 0 Å². The second-order valence-corrected chi connectivity index (χ2v) is 5.93. The molecule has 3 atom stereocenters. The van der Waals surface area contributed by atoms with Gasteiger partial charge < -0.3 is 20.3 Å². The fourth-order valence-electron chi connectivity index (χ4n) is 3.66. The second-order valence-electron chi connectivity index (χ2n) is 5.93. The van der Waals surface area contributed by atoms with Crippen molar-refractivity contribution in [2.24, 2.45) is 5.92 Å². The van der Waals surface area contributed by atoms with E-state index < -0.39 is 0 Å². The molecule has 1 aromatic heterocycles. The first kappa shape index (κ1) is 13.4. The molecule has 5 heteroatoms. The number of aromatic hydroxyl groups is 2. The Kier molecular flexibility index (Phi) is 3.15. The van der Waals surface area contributed by atoms with Gasteiger partial charge in [0, 0.05) is 36.3 Å². The molecule has 3 N–H and O–H groups in total. The summed E-state index contributed by atoms with van der Waals surface area (Å²) in [6, 6.07) is 7.30. The van der Waals surface area contributed by atoms with Crippen molar-refractivity contribution in [2.75, 3.05) is 13.1 Å². The molecule has 1 saturated heterocycles. The molecule has 1 fully saturated rings. The van der Waals surface area contributed by atoms with E-state index in [9.17, 15) is 10.2 Å². The van der Waals surface area contributed by atoms with E-state index in [-0.39, 0.29) is 23.5 Å². The fraction of sp³-hybridized carbons (Fsp3) is 0.353. The zero-order chi connectivity index (χ0) is 15.1. The number of hydrogen-bond acceptors (Lipinski definition) is 5. The molecule has 0 saturated carbocycles. The van der Waals surface area contributed by atoms with Crippen LogP contribution in [0.4, 0.5) is 0 Å². The van der Waals surface area contributed by atoms with E-state index in [4.69, 9.17) is 4.74 Å². The molecule has 3 unspecified atom stereocenters. The first-order valence-electron chi connectivity index (χ1n) is 7.58. The third-order valence-electron chi connectivity index (χ3n) is 4.74. The minimum absolute atomic E-state index is 0.129. The third-order valence-corrected chi connectivity index (χ3v) is 4.74. The number of aromatic nitrogens is 1. The molecule has 2 aliphatic rings. The molecule has 0 aliphatic carbocycles. The van der Waals surface area contributed by atoms with Gasteiger partial charge in [0.1, 0.15) is 6.10 Å². The minimum atomic E-state index is -0.166. The Labute approximate surface area is 128 Å². The highest BCUT2D eigenvalue weighted by Gasteiger charge is 2.41. The molecule has 2 aliphatic heterocycles. The molecule has 0 amide bonds. The highest BCUT2D eigenvalue weighted by molar-refractivity contribution is 5.57. The molecule has 0 spiro atoms. The SMILES string of the molecule is Oc1ccc2c(c1O)OC(c1ccncc1)C1CCNCC21. The molecule has 1 aromatic carbocycles. The third kappa shape index (κ3) is 2.01. The summed E-state index contributed by atoms with van der Waals surface area (Å²) in [5.41, 5.74) is 2.03. The minimum Gasteiger partial charge on any atom is -0.504 e. The number of hydrogen-bond donors (Lipinski definition) is 3. The van der Waals surface area contributed by atoms with Gasteiger partial charge in [-0.3, -0.25) is 4.98 Å². The van der Waals surface area contributed by atoms with Crippen LogP contribution in [-0.4, -0.2) is 28.3 Å². The number of benzene rings is 1. The van der Waals surface area contributed by atoms with Crippen molar-refractivity contribution >= 4 is 0 Å². The fourth-order valence-corrected chi connectivity index (χ4v) is 3.66. The quantitative estimate of drug-likeness (QED) is 0.705. The van der Waals surface area contributed by atoms with Crippen LogP contribution >= 0.6 is 0 Å². The van der Waals surface area contributed by atoms with E-state index in [1.165, 1.54) is 6.07 Å². The number of piperidine rings is 1. The maximum absolute atomic E-state index is 10.2. The van der Waals surface area contributed by atoms with Gasteiger partial charge in [0.15, 0.2) is 11.5 Å². The molecular formula is C17H18N2O3. The van der Waals surface area contributed by atoms with Crippen LogP contribution in [0.2, 0.25) is 0 Å². The van der Waals surface area contributed by atoms with Gasteiger partial charge in [0.05, 0.1) is 0 Å². The Bertz CT molecular complexity index is 690. The second kappa shape index (κ2) is 5.18. The average molecular weight is 298 g/mol. The van der Waals surface area contributed by atoms with Gasteiger partial charge in [-0.15, -0.1) is 0 Å². The zero-order valence-electron chi connectivity index (χ0n) is 12.1. The lowest BCUT2D eigenvalue weighted by atomic mass is 9.74. The average Bonchev–Trinajstić information content (AvgIpc) is 2.58. The number of ether oxygens (including phenoxy) is 1. The Hall–Kier alpha value is -2.27. The van der Waals surface area contributed by atoms with Crippen LogP contribution in [0.1, 0.15) is 29.6 Å². The molecule has 114 valence electrons. The number of nitrogens with one attached hydrogen (secondary N) is 1. The van der Waals surface area contributed by atoms with Gasteiger partial charge in [-0.1, -0.05) is 6.07 Å². The lowest BCUT2D eigenvalue weighted by molar-refractivity contribution is 0.0697. The number of fused-ring (bicyclic) bond motifs is 3. The van der Waals surface area contributed by atoms with Crippen LogP contribution in [0.5, 0.6) is 17.2 Å². The first-order valence-corrected chi connectivity index (χ1v) is 7.58. The highest BCUT2D eigenvalue weighted by atomic mass is 16.5. The predicted molar refractivity (Wildman–Crippen MR) is 81.1 cm³/mol. The Morgan fingerprint density at radius 3 is 2.77 bits per heavy atom. The molecular weight excluding hydrogens is 280 g/mol. The Morgan fingerprint density at radius 1 is 1.14 bits per heavy atom. The summed E-state index contributed by atoms with van der Waals surface area (Å²) in [6.07, 6.45) is 4.40. The number of phenolic OH excluding ortho intramolecular Hbond substituents is 2. The summed E-state index contributed by atoms with van der Waals surface area (Å²) in [5, 5.41) is 23.4. The normalized spacial score (nSPS) is 26.6. The van der Waals surface area contributed by atoms with Gasteiger partial charge in [-0.2, -0.15) is 0 Å². The van der Waals surface area contributed by atoms with Crippen LogP contribution in [0.3, 0.4) is 0 Å². The maximum atomic E-state index is 10.2. The van der Waals surface area contributed by atoms with Crippen LogP contribution < -0.4 is 10.1 Å². The van der Waals surface area contributed by atoms with Gasteiger partial charge in [-0.25, -0.2) is 0 Å². The van der Waals surface area contributed by atoms with E-state index >= 15 is 0 Å². The van der Waals surface area contributed by atoms with Crippen molar-refractivity contribution in [1.82, 2.24) is 10.3 Å².